The number of benzene rings is 2. The van der Waals surface area contributed by atoms with Gasteiger partial charge in [-0.25, -0.2) is 9.67 Å². The number of thiol groups is 1. The van der Waals surface area contributed by atoms with Crippen LogP contribution >= 0.6 is 12.6 Å². The second-order valence-electron chi connectivity index (χ2n) is 7.33. The summed E-state index contributed by atoms with van der Waals surface area (Å²) in [6.07, 6.45) is 0.736. The van der Waals surface area contributed by atoms with Crippen LogP contribution in [0, 0.1) is 5.92 Å². The van der Waals surface area contributed by atoms with E-state index in [0.717, 1.165) is 41.3 Å². The molecule has 4 aromatic rings. The first-order valence-corrected chi connectivity index (χ1v) is 10.2. The number of nitrogens with one attached hydrogen (secondary N) is 1. The average Bonchev–Trinajstić information content (AvgIpc) is 3.39. The quantitative estimate of drug-likeness (QED) is 0.457. The molecule has 0 radical (unpaired) electrons. The number of rotatable bonds is 7. The molecule has 2 aromatic heterocycles. The molecule has 7 nitrogen and oxygen atoms in total. The summed E-state index contributed by atoms with van der Waals surface area (Å²) in [5.41, 5.74) is 4.31. The highest BCUT2D eigenvalue weighted by molar-refractivity contribution is 7.79. The monoisotopic (exact) mass is 405 g/mol. The smallest absolute Gasteiger partial charge is 0.205 e. The summed E-state index contributed by atoms with van der Waals surface area (Å²) >= 11 is 4.32. The van der Waals surface area contributed by atoms with Gasteiger partial charge in [0.25, 0.3) is 0 Å². The highest BCUT2D eigenvalue weighted by Crippen LogP contribution is 2.30. The van der Waals surface area contributed by atoms with Crippen LogP contribution in [0.5, 0.6) is 0 Å². The zero-order valence-corrected chi connectivity index (χ0v) is 17.3. The number of hydrogen-bond acceptors (Lipinski definition) is 6. The molecule has 0 unspecified atom stereocenters. The molecule has 148 valence electrons. The Hall–Kier alpha value is -3.00. The van der Waals surface area contributed by atoms with Crippen LogP contribution in [0.3, 0.4) is 0 Å². The molecule has 4 rings (SSSR count). The van der Waals surface area contributed by atoms with Crippen molar-refractivity contribution in [2.24, 2.45) is 5.92 Å². The Morgan fingerprint density at radius 1 is 1.03 bits per heavy atom. The van der Waals surface area contributed by atoms with Crippen molar-refractivity contribution < 1.29 is 0 Å². The van der Waals surface area contributed by atoms with Crippen LogP contribution in [-0.4, -0.2) is 35.4 Å². The third-order valence-corrected chi connectivity index (χ3v) is 4.90. The van der Waals surface area contributed by atoms with E-state index in [-0.39, 0.29) is 0 Å². The fourth-order valence-electron chi connectivity index (χ4n) is 3.31. The Balaban J connectivity index is 1.60. The molecular formula is C21H23N7S. The normalized spacial score (nSPS) is 11.3. The van der Waals surface area contributed by atoms with Gasteiger partial charge in [0.15, 0.2) is 5.82 Å². The Morgan fingerprint density at radius 2 is 1.79 bits per heavy atom. The summed E-state index contributed by atoms with van der Waals surface area (Å²) in [6.45, 7) is 5.22. The first-order valence-electron chi connectivity index (χ1n) is 9.59. The number of nitrogens with zero attached hydrogens (tertiary/aromatic N) is 6. The maximum atomic E-state index is 4.65. The molecule has 2 aromatic carbocycles. The lowest BCUT2D eigenvalue weighted by molar-refractivity contribution is 0.467. The van der Waals surface area contributed by atoms with E-state index in [1.165, 1.54) is 5.56 Å². The molecule has 0 amide bonds. The van der Waals surface area contributed by atoms with Gasteiger partial charge in [-0.3, -0.25) is 0 Å². The largest absolute Gasteiger partial charge is 0.249 e. The van der Waals surface area contributed by atoms with Crippen LogP contribution < -0.4 is 0 Å². The SMILES string of the molecule is CC(C)Cn1nc(CS)nc1Cc1ccc(-c2ccccc2-c2nn[nH]n2)cc1. The molecule has 2 heterocycles. The fraction of sp³-hybridized carbons (Fsp3) is 0.286. The molecule has 0 fully saturated rings. The highest BCUT2D eigenvalue weighted by Gasteiger charge is 2.13. The predicted octanol–water partition coefficient (Wildman–Crippen LogP) is 3.80. The van der Waals surface area contributed by atoms with Crippen molar-refractivity contribution in [1.29, 1.82) is 0 Å². The Labute approximate surface area is 175 Å². The van der Waals surface area contributed by atoms with E-state index >= 15 is 0 Å². The molecule has 29 heavy (non-hydrogen) atoms. The van der Waals surface area contributed by atoms with E-state index in [0.29, 0.717) is 17.5 Å². The van der Waals surface area contributed by atoms with Gasteiger partial charge in [0, 0.05) is 18.5 Å². The minimum absolute atomic E-state index is 0.507. The molecule has 0 aliphatic carbocycles. The summed E-state index contributed by atoms with van der Waals surface area (Å²) in [6, 6.07) is 16.6. The van der Waals surface area contributed by atoms with Gasteiger partial charge in [-0.1, -0.05) is 62.4 Å². The molecule has 8 heteroatoms. The van der Waals surface area contributed by atoms with Crippen LogP contribution in [0.25, 0.3) is 22.5 Å². The van der Waals surface area contributed by atoms with E-state index in [4.69, 9.17) is 0 Å². The van der Waals surface area contributed by atoms with Gasteiger partial charge in [0.1, 0.15) is 5.82 Å². The van der Waals surface area contributed by atoms with Crippen LogP contribution in [-0.2, 0) is 18.7 Å². The van der Waals surface area contributed by atoms with Crippen LogP contribution in [0.15, 0.2) is 48.5 Å². The van der Waals surface area contributed by atoms with Crippen molar-refractivity contribution in [1.82, 2.24) is 35.4 Å². The van der Waals surface area contributed by atoms with Crippen molar-refractivity contribution >= 4 is 12.6 Å². The minimum Gasteiger partial charge on any atom is -0.249 e. The van der Waals surface area contributed by atoms with Crippen molar-refractivity contribution in [2.75, 3.05) is 0 Å². The first kappa shape index (κ1) is 19.3. The number of aromatic amines is 1. The van der Waals surface area contributed by atoms with Crippen LogP contribution in [0.4, 0.5) is 0 Å². The molecule has 0 atom stereocenters. The maximum absolute atomic E-state index is 4.65. The van der Waals surface area contributed by atoms with E-state index in [1.807, 2.05) is 22.9 Å². The molecular weight excluding hydrogens is 382 g/mol. The summed E-state index contributed by atoms with van der Waals surface area (Å²) in [7, 11) is 0. The lowest BCUT2D eigenvalue weighted by Crippen LogP contribution is -2.10. The van der Waals surface area contributed by atoms with E-state index < -0.39 is 0 Å². The highest BCUT2D eigenvalue weighted by atomic mass is 32.1. The Bertz CT molecular complexity index is 1070. The van der Waals surface area contributed by atoms with Gasteiger partial charge in [-0.05, 0) is 27.8 Å². The van der Waals surface area contributed by atoms with Crippen molar-refractivity contribution in [3.05, 3.63) is 65.7 Å². The molecule has 0 saturated heterocycles. The van der Waals surface area contributed by atoms with E-state index in [9.17, 15) is 0 Å². The zero-order chi connectivity index (χ0) is 20.2. The number of aromatic nitrogens is 7. The van der Waals surface area contributed by atoms with Crippen molar-refractivity contribution in [2.45, 2.75) is 32.6 Å². The van der Waals surface area contributed by atoms with Gasteiger partial charge in [-0.15, -0.1) is 10.2 Å². The van der Waals surface area contributed by atoms with Gasteiger partial charge in [0.2, 0.25) is 5.82 Å². The number of hydrogen-bond donors (Lipinski definition) is 2. The van der Waals surface area contributed by atoms with Gasteiger partial charge < -0.3 is 0 Å². The Kier molecular flexibility index (Phi) is 5.71. The van der Waals surface area contributed by atoms with Crippen LogP contribution in [0.1, 0.15) is 31.1 Å². The third kappa shape index (κ3) is 4.37. The maximum Gasteiger partial charge on any atom is 0.205 e. The summed E-state index contributed by atoms with van der Waals surface area (Å²) in [5.74, 6) is 3.39. The number of H-pyrrole nitrogens is 1. The van der Waals surface area contributed by atoms with Gasteiger partial charge in [0.05, 0.1) is 5.75 Å². The molecule has 1 N–H and O–H groups in total. The summed E-state index contributed by atoms with van der Waals surface area (Å²) < 4.78 is 2.01. The number of tetrazole rings is 1. The Morgan fingerprint density at radius 3 is 2.45 bits per heavy atom. The van der Waals surface area contributed by atoms with Gasteiger partial charge >= 0.3 is 0 Å². The molecule has 0 bridgehead atoms. The second-order valence-corrected chi connectivity index (χ2v) is 7.65. The molecule has 0 saturated carbocycles. The molecule has 0 spiro atoms. The summed E-state index contributed by atoms with van der Waals surface area (Å²) in [4.78, 5) is 4.65. The van der Waals surface area contributed by atoms with E-state index in [1.54, 1.807) is 0 Å². The van der Waals surface area contributed by atoms with Crippen molar-refractivity contribution in [3.8, 4) is 22.5 Å². The molecule has 0 aliphatic rings. The van der Waals surface area contributed by atoms with Crippen LogP contribution in [0.2, 0.25) is 0 Å². The second kappa shape index (κ2) is 8.57. The lowest BCUT2D eigenvalue weighted by Gasteiger charge is -2.10. The minimum atomic E-state index is 0.507. The predicted molar refractivity (Wildman–Crippen MR) is 115 cm³/mol. The average molecular weight is 406 g/mol. The molecule has 0 aliphatic heterocycles. The standard InChI is InChI=1S/C21H23N7S/c1-14(2)12-28-20(22-19(13-29)25-28)11-15-7-9-16(10-8-15)17-5-3-4-6-18(17)21-23-26-27-24-21/h3-10,14,29H,11-13H2,1-2H3,(H,23,24,26,27). The van der Waals surface area contributed by atoms with Crippen molar-refractivity contribution in [3.63, 3.8) is 0 Å². The topological polar surface area (TPSA) is 85.2 Å². The fourth-order valence-corrected chi connectivity index (χ4v) is 3.44. The summed E-state index contributed by atoms with van der Waals surface area (Å²) in [5, 5.41) is 19.0. The van der Waals surface area contributed by atoms with Gasteiger partial charge in [-0.2, -0.15) is 22.9 Å². The zero-order valence-electron chi connectivity index (χ0n) is 16.4. The first-order chi connectivity index (χ1) is 14.1. The van der Waals surface area contributed by atoms with E-state index in [2.05, 4.69) is 87.5 Å². The lowest BCUT2D eigenvalue weighted by atomic mass is 9.98. The third-order valence-electron chi connectivity index (χ3n) is 4.61.